The van der Waals surface area contributed by atoms with Gasteiger partial charge in [-0.2, -0.15) is 0 Å². The molecular weight excluding hydrogens is 348 g/mol. The van der Waals surface area contributed by atoms with Crippen molar-refractivity contribution in [1.82, 2.24) is 0 Å². The Morgan fingerprint density at radius 3 is 2.26 bits per heavy atom. The molecule has 0 bridgehead atoms. The fourth-order valence-electron chi connectivity index (χ4n) is 2.80. The van der Waals surface area contributed by atoms with Crippen LogP contribution in [0, 0.1) is 0 Å². The minimum Gasteiger partial charge on any atom is -0.494 e. The molecule has 0 unspecified atom stereocenters. The molecule has 0 radical (unpaired) electrons. The molecule has 0 amide bonds. The summed E-state index contributed by atoms with van der Waals surface area (Å²) in [6.45, 7) is 0.679. The molecule has 1 N–H and O–H groups in total. The van der Waals surface area contributed by atoms with Gasteiger partial charge in [0, 0.05) is 19.4 Å². The van der Waals surface area contributed by atoms with E-state index in [9.17, 15) is 9.59 Å². The van der Waals surface area contributed by atoms with Crippen molar-refractivity contribution in [3.63, 3.8) is 0 Å². The quantitative estimate of drug-likeness (QED) is 0.394. The standard InChI is InChI=1S/C21H32O6/c1-25-20(23)9-7-15-27-19-12-10-17(8-5-3-4-6-14-22)18(16-19)11-13-21(24)26-2/h10,12,16,22H,3-9,11,13-15H2,1-2H3. The molecule has 0 atom stereocenters. The first kappa shape index (κ1) is 23.0. The SMILES string of the molecule is COC(=O)CCCOc1ccc(CCCCCCO)c(CCC(=O)OC)c1. The Morgan fingerprint density at radius 1 is 0.852 bits per heavy atom. The van der Waals surface area contributed by atoms with Crippen LogP contribution in [0.15, 0.2) is 18.2 Å². The van der Waals surface area contributed by atoms with Crippen molar-refractivity contribution in [1.29, 1.82) is 0 Å². The number of methoxy groups -OCH3 is 2. The third kappa shape index (κ3) is 9.99. The van der Waals surface area contributed by atoms with Crippen molar-refractivity contribution >= 4 is 11.9 Å². The molecule has 0 heterocycles. The third-order valence-corrected chi connectivity index (χ3v) is 4.38. The average molecular weight is 380 g/mol. The molecule has 1 rings (SSSR count). The van der Waals surface area contributed by atoms with Gasteiger partial charge in [-0.25, -0.2) is 0 Å². The summed E-state index contributed by atoms with van der Waals surface area (Å²) in [6, 6.07) is 5.96. The van der Waals surface area contributed by atoms with Gasteiger partial charge in [-0.3, -0.25) is 9.59 Å². The van der Waals surface area contributed by atoms with Crippen LogP contribution in [-0.2, 0) is 31.9 Å². The van der Waals surface area contributed by atoms with E-state index in [1.807, 2.05) is 18.2 Å². The van der Waals surface area contributed by atoms with Gasteiger partial charge < -0.3 is 19.3 Å². The summed E-state index contributed by atoms with van der Waals surface area (Å²) in [5.74, 6) is 0.269. The molecule has 0 aliphatic heterocycles. The number of benzene rings is 1. The molecule has 27 heavy (non-hydrogen) atoms. The summed E-state index contributed by atoms with van der Waals surface area (Å²) in [6.07, 6.45) is 6.78. The van der Waals surface area contributed by atoms with Crippen molar-refractivity contribution in [2.45, 2.75) is 57.8 Å². The Bertz CT molecular complexity index is 570. The minimum absolute atomic E-state index is 0.228. The van der Waals surface area contributed by atoms with E-state index in [0.717, 1.165) is 43.4 Å². The first-order chi connectivity index (χ1) is 13.1. The topological polar surface area (TPSA) is 82.1 Å². The average Bonchev–Trinajstić information content (AvgIpc) is 2.69. The molecule has 0 saturated heterocycles. The van der Waals surface area contributed by atoms with Crippen molar-refractivity contribution in [2.24, 2.45) is 0 Å². The van der Waals surface area contributed by atoms with Crippen molar-refractivity contribution < 1.29 is 28.9 Å². The normalized spacial score (nSPS) is 10.5. The number of aliphatic hydroxyl groups is 1. The van der Waals surface area contributed by atoms with E-state index in [0.29, 0.717) is 32.3 Å². The molecular formula is C21H32O6. The third-order valence-electron chi connectivity index (χ3n) is 4.38. The van der Waals surface area contributed by atoms with E-state index in [2.05, 4.69) is 4.74 Å². The van der Waals surface area contributed by atoms with Crippen LogP contribution in [0.2, 0.25) is 0 Å². The summed E-state index contributed by atoms with van der Waals surface area (Å²) in [5.41, 5.74) is 2.30. The predicted molar refractivity (Wildman–Crippen MR) is 103 cm³/mol. The van der Waals surface area contributed by atoms with Gasteiger partial charge in [0.2, 0.25) is 0 Å². The second-order valence-corrected chi connectivity index (χ2v) is 6.42. The van der Waals surface area contributed by atoms with Crippen LogP contribution < -0.4 is 4.74 Å². The Kier molecular flexibility index (Phi) is 11.9. The fraction of sp³-hybridized carbons (Fsp3) is 0.619. The van der Waals surface area contributed by atoms with Gasteiger partial charge in [0.15, 0.2) is 0 Å². The van der Waals surface area contributed by atoms with E-state index in [1.165, 1.54) is 19.8 Å². The summed E-state index contributed by atoms with van der Waals surface area (Å²) in [5, 5.41) is 8.85. The van der Waals surface area contributed by atoms with E-state index < -0.39 is 0 Å². The van der Waals surface area contributed by atoms with Crippen LogP contribution in [0.5, 0.6) is 5.75 Å². The van der Waals surface area contributed by atoms with Gasteiger partial charge in [0.1, 0.15) is 5.75 Å². The van der Waals surface area contributed by atoms with Gasteiger partial charge in [-0.15, -0.1) is 0 Å². The highest BCUT2D eigenvalue weighted by atomic mass is 16.5. The van der Waals surface area contributed by atoms with Crippen LogP contribution in [0.25, 0.3) is 0 Å². The van der Waals surface area contributed by atoms with Crippen molar-refractivity contribution in [2.75, 3.05) is 27.4 Å². The first-order valence-electron chi connectivity index (χ1n) is 9.59. The molecule has 1 aromatic rings. The van der Waals surface area contributed by atoms with Crippen LogP contribution in [0.3, 0.4) is 0 Å². The lowest BCUT2D eigenvalue weighted by molar-refractivity contribution is -0.141. The largest absolute Gasteiger partial charge is 0.494 e. The van der Waals surface area contributed by atoms with E-state index in [-0.39, 0.29) is 18.5 Å². The lowest BCUT2D eigenvalue weighted by Crippen LogP contribution is -2.06. The lowest BCUT2D eigenvalue weighted by atomic mass is 9.97. The molecule has 0 aromatic heterocycles. The summed E-state index contributed by atoms with van der Waals surface area (Å²) < 4.78 is 15.1. The fourth-order valence-corrected chi connectivity index (χ4v) is 2.80. The zero-order valence-electron chi connectivity index (χ0n) is 16.5. The van der Waals surface area contributed by atoms with Crippen LogP contribution in [0.4, 0.5) is 0 Å². The second kappa shape index (κ2) is 14.0. The monoisotopic (exact) mass is 380 g/mol. The number of carbonyl (C=O) groups excluding carboxylic acids is 2. The number of ether oxygens (including phenoxy) is 3. The van der Waals surface area contributed by atoms with Gasteiger partial charge in [-0.1, -0.05) is 18.9 Å². The number of rotatable bonds is 14. The maximum absolute atomic E-state index is 11.5. The number of hydrogen-bond donors (Lipinski definition) is 1. The first-order valence-corrected chi connectivity index (χ1v) is 9.59. The molecule has 0 aliphatic carbocycles. The maximum Gasteiger partial charge on any atom is 0.305 e. The van der Waals surface area contributed by atoms with E-state index in [4.69, 9.17) is 14.6 Å². The van der Waals surface area contributed by atoms with Gasteiger partial charge in [0.05, 0.1) is 20.8 Å². The number of esters is 2. The Morgan fingerprint density at radius 2 is 1.56 bits per heavy atom. The maximum atomic E-state index is 11.5. The highest BCUT2D eigenvalue weighted by Gasteiger charge is 2.09. The molecule has 0 aliphatic rings. The number of aliphatic hydroxyl groups excluding tert-OH is 1. The smallest absolute Gasteiger partial charge is 0.305 e. The zero-order valence-corrected chi connectivity index (χ0v) is 16.5. The van der Waals surface area contributed by atoms with Crippen LogP contribution >= 0.6 is 0 Å². The van der Waals surface area contributed by atoms with E-state index in [1.54, 1.807) is 0 Å². The minimum atomic E-state index is -0.242. The molecule has 0 spiro atoms. The molecule has 0 saturated carbocycles. The molecule has 152 valence electrons. The Balaban J connectivity index is 2.62. The summed E-state index contributed by atoms with van der Waals surface area (Å²) >= 11 is 0. The summed E-state index contributed by atoms with van der Waals surface area (Å²) in [7, 11) is 2.77. The predicted octanol–water partition coefficient (Wildman–Crippen LogP) is 3.22. The highest BCUT2D eigenvalue weighted by molar-refractivity contribution is 5.69. The number of unbranched alkanes of at least 4 members (excludes halogenated alkanes) is 3. The van der Waals surface area contributed by atoms with Gasteiger partial charge in [-0.05, 0) is 55.4 Å². The second-order valence-electron chi connectivity index (χ2n) is 6.42. The zero-order chi connectivity index (χ0) is 19.9. The lowest BCUT2D eigenvalue weighted by Gasteiger charge is -2.13. The molecule has 6 nitrogen and oxygen atoms in total. The number of aryl methyl sites for hydroxylation is 2. The van der Waals surface area contributed by atoms with Crippen molar-refractivity contribution in [3.8, 4) is 5.75 Å². The molecule has 0 fully saturated rings. The Hall–Kier alpha value is -2.08. The highest BCUT2D eigenvalue weighted by Crippen LogP contribution is 2.22. The Labute approximate surface area is 161 Å². The number of hydrogen-bond acceptors (Lipinski definition) is 6. The van der Waals surface area contributed by atoms with Crippen LogP contribution in [0.1, 0.15) is 56.1 Å². The summed E-state index contributed by atoms with van der Waals surface area (Å²) in [4.78, 5) is 22.6. The van der Waals surface area contributed by atoms with Gasteiger partial charge in [0.25, 0.3) is 0 Å². The van der Waals surface area contributed by atoms with Crippen LogP contribution in [-0.4, -0.2) is 44.5 Å². The van der Waals surface area contributed by atoms with Crippen molar-refractivity contribution in [3.05, 3.63) is 29.3 Å². The van der Waals surface area contributed by atoms with E-state index >= 15 is 0 Å². The van der Waals surface area contributed by atoms with Gasteiger partial charge >= 0.3 is 11.9 Å². The molecule has 6 heteroatoms. The molecule has 1 aromatic carbocycles. The number of carbonyl (C=O) groups is 2.